The molecule has 0 bridgehead atoms. The van der Waals surface area contributed by atoms with Gasteiger partial charge >= 0.3 is 0 Å². The average molecular weight is 209 g/mol. The van der Waals surface area contributed by atoms with Gasteiger partial charge in [-0.25, -0.2) is 0 Å². The Kier molecular flexibility index (Phi) is 3.09. The van der Waals surface area contributed by atoms with Gasteiger partial charge in [0.1, 0.15) is 0 Å². The average Bonchev–Trinajstić information content (AvgIpc) is 2.30. The first-order chi connectivity index (χ1) is 7.66. The smallest absolute Gasteiger partial charge is 0.0184 e. The number of hydrogen-bond acceptors (Lipinski definition) is 0. The van der Waals surface area contributed by atoms with Crippen LogP contribution in [0.1, 0.15) is 30.9 Å². The van der Waals surface area contributed by atoms with Gasteiger partial charge in [-0.1, -0.05) is 62.4 Å². The predicted octanol–water partition coefficient (Wildman–Crippen LogP) is 4.66. The van der Waals surface area contributed by atoms with E-state index in [9.17, 15) is 0 Å². The van der Waals surface area contributed by atoms with Crippen molar-refractivity contribution in [2.75, 3.05) is 0 Å². The highest BCUT2D eigenvalue weighted by Crippen LogP contribution is 2.22. The number of rotatable bonds is 2. The lowest BCUT2D eigenvalue weighted by Gasteiger charge is -2.07. The van der Waals surface area contributed by atoms with Crippen LogP contribution >= 0.6 is 0 Å². The second-order valence-corrected chi connectivity index (χ2v) is 4.47. The molecule has 1 radical (unpaired) electrons. The highest BCUT2D eigenvalue weighted by molar-refractivity contribution is 5.64. The number of hydrogen-bond donors (Lipinski definition) is 0. The van der Waals surface area contributed by atoms with Gasteiger partial charge in [0.25, 0.3) is 0 Å². The van der Waals surface area contributed by atoms with Crippen molar-refractivity contribution in [1.82, 2.24) is 0 Å². The minimum absolute atomic E-state index is 0.594. The lowest BCUT2D eigenvalue weighted by atomic mass is 9.98. The van der Waals surface area contributed by atoms with Gasteiger partial charge < -0.3 is 0 Å². The van der Waals surface area contributed by atoms with Gasteiger partial charge in [-0.3, -0.25) is 0 Å². The van der Waals surface area contributed by atoms with Gasteiger partial charge in [-0.15, -0.1) is 0 Å². The summed E-state index contributed by atoms with van der Waals surface area (Å²) >= 11 is 0. The molecule has 0 amide bonds. The van der Waals surface area contributed by atoms with Crippen molar-refractivity contribution < 1.29 is 0 Å². The third kappa shape index (κ3) is 2.33. The molecule has 2 aromatic carbocycles. The second kappa shape index (κ2) is 4.52. The Morgan fingerprint density at radius 3 is 1.62 bits per heavy atom. The molecular weight excluding hydrogens is 192 g/mol. The quantitative estimate of drug-likeness (QED) is 0.674. The van der Waals surface area contributed by atoms with E-state index in [-0.39, 0.29) is 0 Å². The van der Waals surface area contributed by atoms with E-state index in [2.05, 4.69) is 57.2 Å². The monoisotopic (exact) mass is 209 g/mol. The summed E-state index contributed by atoms with van der Waals surface area (Å²) in [7, 11) is 0. The van der Waals surface area contributed by atoms with Crippen LogP contribution in [0.2, 0.25) is 0 Å². The Hall–Kier alpha value is -1.56. The zero-order valence-corrected chi connectivity index (χ0v) is 9.90. The van der Waals surface area contributed by atoms with Crippen molar-refractivity contribution in [3.8, 4) is 11.1 Å². The summed E-state index contributed by atoms with van der Waals surface area (Å²) in [4.78, 5) is 0. The molecule has 0 nitrogen and oxygen atoms in total. The molecule has 0 heteroatoms. The van der Waals surface area contributed by atoms with Crippen molar-refractivity contribution in [3.05, 3.63) is 66.6 Å². The second-order valence-electron chi connectivity index (χ2n) is 4.47. The fourth-order valence-electron chi connectivity index (χ4n) is 1.76. The van der Waals surface area contributed by atoms with Gasteiger partial charge in [-0.05, 0) is 35.1 Å². The molecule has 2 rings (SSSR count). The molecule has 0 saturated heterocycles. The maximum atomic E-state index is 3.89. The van der Waals surface area contributed by atoms with Crippen LogP contribution in [0.15, 0.2) is 48.5 Å². The van der Waals surface area contributed by atoms with Crippen molar-refractivity contribution in [3.63, 3.8) is 0 Å². The van der Waals surface area contributed by atoms with Crippen LogP contribution in [0.3, 0.4) is 0 Å². The Bertz CT molecular complexity index is 446. The highest BCUT2D eigenvalue weighted by atomic mass is 14.1. The molecule has 0 aliphatic heterocycles. The fourth-order valence-corrected chi connectivity index (χ4v) is 1.76. The van der Waals surface area contributed by atoms with Crippen molar-refractivity contribution >= 4 is 0 Å². The zero-order chi connectivity index (χ0) is 11.5. The highest BCUT2D eigenvalue weighted by Gasteiger charge is 2.00. The normalized spacial score (nSPS) is 10.8. The zero-order valence-electron chi connectivity index (χ0n) is 9.90. The van der Waals surface area contributed by atoms with Crippen LogP contribution in [0.4, 0.5) is 0 Å². The largest absolute Gasteiger partial charge is 0.0587 e. The van der Waals surface area contributed by atoms with E-state index in [0.717, 1.165) is 5.56 Å². The molecular formula is C16H17. The standard InChI is InChI=1S/C16H17/c1-12(2)14-8-10-16(11-9-14)15-6-4-13(3)5-7-15/h4-12H,3H2,1-2H3. The van der Waals surface area contributed by atoms with Crippen molar-refractivity contribution in [2.24, 2.45) is 0 Å². The Morgan fingerprint density at radius 1 is 0.750 bits per heavy atom. The molecule has 0 spiro atoms. The van der Waals surface area contributed by atoms with Crippen molar-refractivity contribution in [1.29, 1.82) is 0 Å². The minimum Gasteiger partial charge on any atom is -0.0587 e. The Balaban J connectivity index is 2.31. The summed E-state index contributed by atoms with van der Waals surface area (Å²) in [6.45, 7) is 8.32. The molecule has 0 saturated carbocycles. The van der Waals surface area contributed by atoms with E-state index in [1.807, 2.05) is 12.1 Å². The maximum absolute atomic E-state index is 3.89. The molecule has 81 valence electrons. The van der Waals surface area contributed by atoms with Gasteiger partial charge in [0.05, 0.1) is 0 Å². The molecule has 0 aliphatic carbocycles. The lowest BCUT2D eigenvalue weighted by Crippen LogP contribution is -1.86. The van der Waals surface area contributed by atoms with Crippen LogP contribution in [-0.4, -0.2) is 0 Å². The van der Waals surface area contributed by atoms with Crippen LogP contribution in [0.25, 0.3) is 11.1 Å². The molecule has 16 heavy (non-hydrogen) atoms. The third-order valence-electron chi connectivity index (χ3n) is 2.86. The first kappa shape index (κ1) is 10.9. The lowest BCUT2D eigenvalue weighted by molar-refractivity contribution is 0.867. The Morgan fingerprint density at radius 2 is 1.19 bits per heavy atom. The molecule has 0 N–H and O–H groups in total. The van der Waals surface area contributed by atoms with Crippen LogP contribution in [0, 0.1) is 6.92 Å². The van der Waals surface area contributed by atoms with Crippen LogP contribution < -0.4 is 0 Å². The van der Waals surface area contributed by atoms with Gasteiger partial charge in [0.2, 0.25) is 0 Å². The van der Waals surface area contributed by atoms with E-state index in [4.69, 9.17) is 0 Å². The third-order valence-corrected chi connectivity index (χ3v) is 2.86. The summed E-state index contributed by atoms with van der Waals surface area (Å²) in [6.07, 6.45) is 0. The molecule has 0 aromatic heterocycles. The van der Waals surface area contributed by atoms with Crippen LogP contribution in [-0.2, 0) is 0 Å². The van der Waals surface area contributed by atoms with Gasteiger partial charge in [0.15, 0.2) is 0 Å². The summed E-state index contributed by atoms with van der Waals surface area (Å²) < 4.78 is 0. The van der Waals surface area contributed by atoms with E-state index in [1.54, 1.807) is 0 Å². The molecule has 2 aromatic rings. The summed E-state index contributed by atoms with van der Waals surface area (Å²) in [5, 5.41) is 0. The maximum Gasteiger partial charge on any atom is -0.0184 e. The van der Waals surface area contributed by atoms with E-state index in [1.165, 1.54) is 16.7 Å². The van der Waals surface area contributed by atoms with Gasteiger partial charge in [0, 0.05) is 0 Å². The van der Waals surface area contributed by atoms with Crippen LogP contribution in [0.5, 0.6) is 0 Å². The minimum atomic E-state index is 0.594. The first-order valence-corrected chi connectivity index (χ1v) is 5.69. The molecule has 0 aliphatic rings. The molecule has 0 atom stereocenters. The number of benzene rings is 2. The molecule has 0 fully saturated rings. The van der Waals surface area contributed by atoms with Gasteiger partial charge in [-0.2, -0.15) is 0 Å². The summed E-state index contributed by atoms with van der Waals surface area (Å²) in [5.41, 5.74) is 4.96. The van der Waals surface area contributed by atoms with E-state index in [0.29, 0.717) is 5.92 Å². The predicted molar refractivity (Wildman–Crippen MR) is 70.4 cm³/mol. The van der Waals surface area contributed by atoms with Crippen molar-refractivity contribution in [2.45, 2.75) is 19.8 Å². The Labute approximate surface area is 97.9 Å². The first-order valence-electron chi connectivity index (χ1n) is 5.69. The molecule has 0 unspecified atom stereocenters. The fraction of sp³-hybridized carbons (Fsp3) is 0.188. The SMILES string of the molecule is [CH2]c1ccc(-c2ccc(C(C)C)cc2)cc1. The summed E-state index contributed by atoms with van der Waals surface area (Å²) in [5.74, 6) is 0.594. The molecule has 0 heterocycles. The topological polar surface area (TPSA) is 0 Å². The summed E-state index contributed by atoms with van der Waals surface area (Å²) in [6, 6.07) is 17.1. The van der Waals surface area contributed by atoms with E-state index < -0.39 is 0 Å². The van der Waals surface area contributed by atoms with E-state index >= 15 is 0 Å².